The topological polar surface area (TPSA) is 70.2 Å². The van der Waals surface area contributed by atoms with E-state index in [1.807, 2.05) is 0 Å². The first-order valence-corrected chi connectivity index (χ1v) is 3.12. The lowest BCUT2D eigenvalue weighted by Crippen LogP contribution is -2.38. The van der Waals surface area contributed by atoms with Crippen LogP contribution < -0.4 is 16.2 Å². The SMILES string of the molecule is O=C1NC(=O)C2NNCC12. The molecule has 2 amide bonds. The molecule has 54 valence electrons. The van der Waals surface area contributed by atoms with Gasteiger partial charge < -0.3 is 0 Å². The number of hydrogen-bond acceptors (Lipinski definition) is 4. The van der Waals surface area contributed by atoms with Crippen molar-refractivity contribution < 1.29 is 9.59 Å². The van der Waals surface area contributed by atoms with E-state index in [4.69, 9.17) is 0 Å². The molecule has 0 aromatic heterocycles. The molecule has 2 heterocycles. The van der Waals surface area contributed by atoms with Crippen LogP contribution in [0.3, 0.4) is 0 Å². The Kier molecular flexibility index (Phi) is 1.03. The van der Waals surface area contributed by atoms with Gasteiger partial charge in [-0.1, -0.05) is 0 Å². The molecule has 2 atom stereocenters. The lowest BCUT2D eigenvalue weighted by molar-refractivity contribution is -0.126. The van der Waals surface area contributed by atoms with Crippen molar-refractivity contribution in [2.24, 2.45) is 5.92 Å². The van der Waals surface area contributed by atoms with E-state index in [1.54, 1.807) is 0 Å². The average Bonchev–Trinajstić information content (AvgIpc) is 2.39. The molecular weight excluding hydrogens is 134 g/mol. The minimum atomic E-state index is -0.340. The van der Waals surface area contributed by atoms with Gasteiger partial charge in [-0.05, 0) is 0 Å². The van der Waals surface area contributed by atoms with Gasteiger partial charge in [0, 0.05) is 6.54 Å². The van der Waals surface area contributed by atoms with Crippen LogP contribution in [0.5, 0.6) is 0 Å². The largest absolute Gasteiger partial charge is 0.295 e. The highest BCUT2D eigenvalue weighted by atomic mass is 16.2. The molecule has 0 radical (unpaired) electrons. The summed E-state index contributed by atoms with van der Waals surface area (Å²) in [6.07, 6.45) is 0. The molecule has 0 aliphatic carbocycles. The van der Waals surface area contributed by atoms with Crippen molar-refractivity contribution in [2.75, 3.05) is 6.54 Å². The van der Waals surface area contributed by atoms with Crippen LogP contribution in [0.1, 0.15) is 0 Å². The van der Waals surface area contributed by atoms with E-state index in [2.05, 4.69) is 16.2 Å². The number of carbonyl (C=O) groups excluding carboxylic acids is 2. The smallest absolute Gasteiger partial charge is 0.245 e. The van der Waals surface area contributed by atoms with Gasteiger partial charge in [0.2, 0.25) is 11.8 Å². The Labute approximate surface area is 57.1 Å². The van der Waals surface area contributed by atoms with Crippen molar-refractivity contribution in [3.63, 3.8) is 0 Å². The van der Waals surface area contributed by atoms with Crippen LogP contribution in [0.2, 0.25) is 0 Å². The van der Waals surface area contributed by atoms with Gasteiger partial charge in [-0.3, -0.25) is 20.3 Å². The normalized spacial score (nSPS) is 38.0. The second kappa shape index (κ2) is 1.77. The number of nitrogens with one attached hydrogen (secondary N) is 3. The zero-order valence-electron chi connectivity index (χ0n) is 5.18. The maximum Gasteiger partial charge on any atom is 0.245 e. The summed E-state index contributed by atoms with van der Waals surface area (Å²) in [4.78, 5) is 21.7. The second-order valence-electron chi connectivity index (χ2n) is 2.46. The van der Waals surface area contributed by atoms with Crippen LogP contribution in [0.15, 0.2) is 0 Å². The monoisotopic (exact) mass is 141 g/mol. The second-order valence-corrected chi connectivity index (χ2v) is 2.46. The average molecular weight is 141 g/mol. The van der Waals surface area contributed by atoms with E-state index in [0.717, 1.165) is 0 Å². The van der Waals surface area contributed by atoms with E-state index < -0.39 is 0 Å². The van der Waals surface area contributed by atoms with Crippen molar-refractivity contribution in [1.29, 1.82) is 0 Å². The molecule has 2 saturated heterocycles. The van der Waals surface area contributed by atoms with E-state index in [-0.39, 0.29) is 23.8 Å². The zero-order valence-corrected chi connectivity index (χ0v) is 5.18. The highest BCUT2D eigenvalue weighted by Gasteiger charge is 2.44. The van der Waals surface area contributed by atoms with E-state index in [0.29, 0.717) is 6.54 Å². The molecule has 3 N–H and O–H groups in total. The minimum Gasteiger partial charge on any atom is -0.295 e. The number of hydrazine groups is 1. The lowest BCUT2D eigenvalue weighted by Gasteiger charge is -1.98. The summed E-state index contributed by atoms with van der Waals surface area (Å²) in [7, 11) is 0. The van der Waals surface area contributed by atoms with Gasteiger partial charge in [-0.2, -0.15) is 0 Å². The molecule has 2 aliphatic heterocycles. The molecule has 5 heteroatoms. The fraction of sp³-hybridized carbons (Fsp3) is 0.600. The van der Waals surface area contributed by atoms with E-state index in [9.17, 15) is 9.59 Å². The summed E-state index contributed by atoms with van der Waals surface area (Å²) < 4.78 is 0. The molecule has 5 nitrogen and oxygen atoms in total. The summed E-state index contributed by atoms with van der Waals surface area (Å²) in [5.41, 5.74) is 5.47. The van der Waals surface area contributed by atoms with Gasteiger partial charge in [0.05, 0.1) is 5.92 Å². The molecule has 0 spiro atoms. The molecule has 10 heavy (non-hydrogen) atoms. The number of rotatable bonds is 0. The third-order valence-corrected chi connectivity index (χ3v) is 1.85. The summed E-state index contributed by atoms with van der Waals surface area (Å²) in [5, 5.41) is 2.24. The molecule has 0 saturated carbocycles. The van der Waals surface area contributed by atoms with Crippen LogP contribution in [0.25, 0.3) is 0 Å². The highest BCUT2D eigenvalue weighted by Crippen LogP contribution is 2.13. The minimum absolute atomic E-state index is 0.174. The van der Waals surface area contributed by atoms with Gasteiger partial charge in [0.15, 0.2) is 0 Å². The number of fused-ring (bicyclic) bond motifs is 1. The standard InChI is InChI=1S/C5H7N3O2/c9-4-2-1-6-8-3(2)5(10)7-4/h2-3,6,8H,1H2,(H,7,9,10). The Bertz CT molecular complexity index is 183. The predicted molar refractivity (Wildman–Crippen MR) is 31.6 cm³/mol. The van der Waals surface area contributed by atoms with Crippen LogP contribution in [0.4, 0.5) is 0 Å². The fourth-order valence-electron chi connectivity index (χ4n) is 1.28. The van der Waals surface area contributed by atoms with Crippen molar-refractivity contribution >= 4 is 11.8 Å². The molecule has 2 rings (SSSR count). The van der Waals surface area contributed by atoms with Crippen molar-refractivity contribution in [1.82, 2.24) is 16.2 Å². The van der Waals surface area contributed by atoms with Gasteiger partial charge in [0.1, 0.15) is 6.04 Å². The predicted octanol–water partition coefficient (Wildman–Crippen LogP) is -2.26. The molecule has 2 fully saturated rings. The Morgan fingerprint density at radius 2 is 2.10 bits per heavy atom. The first-order valence-electron chi connectivity index (χ1n) is 3.12. The maximum atomic E-state index is 10.9. The number of hydrogen-bond donors (Lipinski definition) is 3. The number of carbonyl (C=O) groups is 2. The third-order valence-electron chi connectivity index (χ3n) is 1.85. The van der Waals surface area contributed by atoms with E-state index in [1.165, 1.54) is 0 Å². The van der Waals surface area contributed by atoms with Gasteiger partial charge in [-0.25, -0.2) is 5.43 Å². The Hall–Kier alpha value is -0.940. The summed E-state index contributed by atoms with van der Waals surface area (Å²) in [6.45, 7) is 0.544. The van der Waals surface area contributed by atoms with Crippen LogP contribution in [-0.2, 0) is 9.59 Å². The number of amides is 2. The first-order chi connectivity index (χ1) is 4.79. The van der Waals surface area contributed by atoms with Crippen molar-refractivity contribution in [3.05, 3.63) is 0 Å². The van der Waals surface area contributed by atoms with Crippen molar-refractivity contribution in [2.45, 2.75) is 6.04 Å². The lowest BCUT2D eigenvalue weighted by atomic mass is 10.1. The third kappa shape index (κ3) is 0.585. The van der Waals surface area contributed by atoms with Crippen LogP contribution >= 0.6 is 0 Å². The summed E-state index contributed by atoms with van der Waals surface area (Å²) in [6, 6.07) is -0.340. The summed E-state index contributed by atoms with van der Waals surface area (Å²) >= 11 is 0. The first kappa shape index (κ1) is 5.82. The van der Waals surface area contributed by atoms with Crippen LogP contribution in [-0.4, -0.2) is 24.4 Å². The maximum absolute atomic E-state index is 10.9. The van der Waals surface area contributed by atoms with Crippen LogP contribution in [0, 0.1) is 5.92 Å². The Morgan fingerprint density at radius 1 is 1.30 bits per heavy atom. The summed E-state index contributed by atoms with van der Waals surface area (Å²) in [5.74, 6) is -0.597. The van der Waals surface area contributed by atoms with E-state index >= 15 is 0 Å². The molecule has 0 bridgehead atoms. The Balaban J connectivity index is 2.27. The zero-order chi connectivity index (χ0) is 7.14. The van der Waals surface area contributed by atoms with Gasteiger partial charge in [-0.15, -0.1) is 0 Å². The molecular formula is C5H7N3O2. The molecule has 2 unspecified atom stereocenters. The van der Waals surface area contributed by atoms with Crippen molar-refractivity contribution in [3.8, 4) is 0 Å². The Morgan fingerprint density at radius 3 is 2.80 bits per heavy atom. The van der Waals surface area contributed by atoms with Gasteiger partial charge >= 0.3 is 0 Å². The highest BCUT2D eigenvalue weighted by molar-refractivity contribution is 6.07. The fourth-order valence-corrected chi connectivity index (χ4v) is 1.28. The quantitative estimate of drug-likeness (QED) is 0.333. The molecule has 0 aromatic rings. The molecule has 2 aliphatic rings. The van der Waals surface area contributed by atoms with Gasteiger partial charge in [0.25, 0.3) is 0 Å². The molecule has 0 aromatic carbocycles. The number of imide groups is 1.